The van der Waals surface area contributed by atoms with Crippen LogP contribution in [0.3, 0.4) is 0 Å². The number of unbranched alkanes of at least 4 members (excludes halogenated alkanes) is 1. The van der Waals surface area contributed by atoms with Gasteiger partial charge in [-0.1, -0.05) is 43.1 Å². The Balaban J connectivity index is 1.63. The molecule has 3 rings (SSSR count). The van der Waals surface area contributed by atoms with Crippen LogP contribution in [0.5, 0.6) is 0 Å². The summed E-state index contributed by atoms with van der Waals surface area (Å²) in [6.45, 7) is 5.24. The van der Waals surface area contributed by atoms with Gasteiger partial charge in [0.1, 0.15) is 0 Å². The lowest BCUT2D eigenvalue weighted by molar-refractivity contribution is 0.0910. The number of nitrogens with one attached hydrogen (secondary N) is 2. The topological polar surface area (TPSA) is 78.5 Å². The number of anilines is 1. The number of sulfonamides is 1. The van der Waals surface area contributed by atoms with Gasteiger partial charge < -0.3 is 10.2 Å². The van der Waals surface area contributed by atoms with E-state index in [9.17, 15) is 13.2 Å². The number of likely N-dealkylation sites (tertiary alicyclic amines) is 1. The lowest BCUT2D eigenvalue weighted by Gasteiger charge is -2.32. The first-order valence-electron chi connectivity index (χ1n) is 10.3. The van der Waals surface area contributed by atoms with Crippen molar-refractivity contribution < 1.29 is 13.2 Å². The van der Waals surface area contributed by atoms with Crippen LogP contribution in [-0.4, -0.2) is 44.9 Å². The van der Waals surface area contributed by atoms with Crippen LogP contribution in [0.2, 0.25) is 5.02 Å². The number of carbonyl (C=O) groups is 1. The maximum Gasteiger partial charge on any atom is 0.261 e. The van der Waals surface area contributed by atoms with Crippen molar-refractivity contribution in [1.82, 2.24) is 10.2 Å². The molecule has 0 atom stereocenters. The number of halogens is 1. The van der Waals surface area contributed by atoms with Crippen molar-refractivity contribution in [1.29, 1.82) is 0 Å². The highest BCUT2D eigenvalue weighted by molar-refractivity contribution is 7.92. The third-order valence-electron chi connectivity index (χ3n) is 5.28. The van der Waals surface area contributed by atoms with E-state index >= 15 is 0 Å². The molecule has 30 heavy (non-hydrogen) atoms. The van der Waals surface area contributed by atoms with Crippen LogP contribution in [-0.2, 0) is 10.0 Å². The number of hydrogen-bond donors (Lipinski definition) is 2. The summed E-state index contributed by atoms with van der Waals surface area (Å²) >= 11 is 6.05. The molecule has 0 unspecified atom stereocenters. The van der Waals surface area contributed by atoms with Crippen LogP contribution in [0.4, 0.5) is 5.69 Å². The zero-order valence-electron chi connectivity index (χ0n) is 17.1. The molecular formula is C22H28ClN3O3S. The van der Waals surface area contributed by atoms with Crippen molar-refractivity contribution in [3.63, 3.8) is 0 Å². The van der Waals surface area contributed by atoms with E-state index in [4.69, 9.17) is 11.6 Å². The van der Waals surface area contributed by atoms with Gasteiger partial charge in [0.2, 0.25) is 0 Å². The van der Waals surface area contributed by atoms with Gasteiger partial charge in [0, 0.05) is 24.7 Å². The van der Waals surface area contributed by atoms with Gasteiger partial charge in [-0.15, -0.1) is 0 Å². The Morgan fingerprint density at radius 1 is 1.13 bits per heavy atom. The molecule has 1 amide bonds. The smallest absolute Gasteiger partial charge is 0.261 e. The average molecular weight is 450 g/mol. The SMILES string of the molecule is CCCCN1CCC(NC(=O)c2cccc(S(=O)(=O)Nc3ccccc3Cl)c2)CC1. The standard InChI is InChI=1S/C22H28ClN3O3S/c1-2-3-13-26-14-11-18(12-15-26)24-22(27)17-7-6-8-19(16-17)30(28,29)25-21-10-5-4-9-20(21)23/h4-10,16,18,25H,2-3,11-15H2,1H3,(H,24,27). The fourth-order valence-electron chi connectivity index (χ4n) is 3.50. The minimum absolute atomic E-state index is 0.0180. The first kappa shape index (κ1) is 22.6. The Morgan fingerprint density at radius 3 is 2.57 bits per heavy atom. The van der Waals surface area contributed by atoms with E-state index in [2.05, 4.69) is 21.9 Å². The average Bonchev–Trinajstić information content (AvgIpc) is 2.75. The van der Waals surface area contributed by atoms with Crippen LogP contribution in [0, 0.1) is 0 Å². The minimum Gasteiger partial charge on any atom is -0.349 e. The maximum atomic E-state index is 12.7. The second-order valence-electron chi connectivity index (χ2n) is 7.56. The Labute approximate surface area is 183 Å². The number of benzene rings is 2. The Morgan fingerprint density at radius 2 is 1.87 bits per heavy atom. The number of rotatable bonds is 8. The molecule has 2 aromatic carbocycles. The van der Waals surface area contributed by atoms with Crippen LogP contribution in [0.15, 0.2) is 53.4 Å². The highest BCUT2D eigenvalue weighted by Gasteiger charge is 2.22. The molecule has 0 saturated carbocycles. The zero-order chi connectivity index (χ0) is 21.6. The van der Waals surface area contributed by atoms with E-state index in [1.807, 2.05) is 0 Å². The van der Waals surface area contributed by atoms with E-state index in [0.717, 1.165) is 32.5 Å². The zero-order valence-corrected chi connectivity index (χ0v) is 18.7. The summed E-state index contributed by atoms with van der Waals surface area (Å²) < 4.78 is 27.9. The molecule has 2 aromatic rings. The fourth-order valence-corrected chi connectivity index (χ4v) is 4.87. The third-order valence-corrected chi connectivity index (χ3v) is 6.97. The Bertz CT molecular complexity index is 973. The molecule has 1 saturated heterocycles. The summed E-state index contributed by atoms with van der Waals surface area (Å²) in [6.07, 6.45) is 4.19. The number of hydrogen-bond acceptors (Lipinski definition) is 4. The first-order chi connectivity index (χ1) is 14.4. The van der Waals surface area contributed by atoms with Gasteiger partial charge in [0.15, 0.2) is 0 Å². The summed E-state index contributed by atoms with van der Waals surface area (Å²) in [5.41, 5.74) is 0.620. The summed E-state index contributed by atoms with van der Waals surface area (Å²) in [7, 11) is -3.86. The number of para-hydroxylation sites is 1. The minimum atomic E-state index is -3.86. The second-order valence-corrected chi connectivity index (χ2v) is 9.65. The molecule has 0 spiro atoms. The molecule has 2 N–H and O–H groups in total. The molecule has 1 fully saturated rings. The van der Waals surface area contributed by atoms with E-state index in [1.165, 1.54) is 25.0 Å². The highest BCUT2D eigenvalue weighted by atomic mass is 35.5. The molecule has 1 aliphatic rings. The van der Waals surface area contributed by atoms with Gasteiger partial charge in [0.25, 0.3) is 15.9 Å². The van der Waals surface area contributed by atoms with Crippen LogP contribution in [0.25, 0.3) is 0 Å². The van der Waals surface area contributed by atoms with Gasteiger partial charge in [-0.05, 0) is 56.1 Å². The van der Waals surface area contributed by atoms with Crippen molar-refractivity contribution in [2.45, 2.75) is 43.5 Å². The molecule has 1 heterocycles. The quantitative estimate of drug-likeness (QED) is 0.635. The van der Waals surface area contributed by atoms with Gasteiger partial charge >= 0.3 is 0 Å². The highest BCUT2D eigenvalue weighted by Crippen LogP contribution is 2.24. The van der Waals surface area contributed by atoms with Gasteiger partial charge in [0.05, 0.1) is 15.6 Å². The molecule has 0 aliphatic carbocycles. The molecule has 0 radical (unpaired) electrons. The van der Waals surface area contributed by atoms with Crippen molar-refractivity contribution >= 4 is 33.2 Å². The number of nitrogens with zero attached hydrogens (tertiary/aromatic N) is 1. The van der Waals surface area contributed by atoms with Gasteiger partial charge in [-0.25, -0.2) is 8.42 Å². The third kappa shape index (κ3) is 5.97. The lowest BCUT2D eigenvalue weighted by atomic mass is 10.0. The summed E-state index contributed by atoms with van der Waals surface area (Å²) in [5, 5.41) is 3.35. The van der Waals surface area contributed by atoms with E-state index in [1.54, 1.807) is 36.4 Å². The lowest BCUT2D eigenvalue weighted by Crippen LogP contribution is -2.44. The van der Waals surface area contributed by atoms with Crippen molar-refractivity contribution in [2.24, 2.45) is 0 Å². The Hall–Kier alpha value is -2.09. The molecule has 162 valence electrons. The van der Waals surface area contributed by atoms with Crippen LogP contribution >= 0.6 is 11.6 Å². The predicted octanol–water partition coefficient (Wildman–Crippen LogP) is 4.14. The maximum absolute atomic E-state index is 12.7. The normalized spacial score (nSPS) is 15.7. The second kappa shape index (κ2) is 10.3. The number of piperidine rings is 1. The predicted molar refractivity (Wildman–Crippen MR) is 121 cm³/mol. The number of carbonyl (C=O) groups excluding carboxylic acids is 1. The molecular weight excluding hydrogens is 422 g/mol. The summed E-state index contributed by atoms with van der Waals surface area (Å²) in [6, 6.07) is 12.8. The van der Waals surface area contributed by atoms with E-state index < -0.39 is 10.0 Å². The first-order valence-corrected chi connectivity index (χ1v) is 12.2. The van der Waals surface area contributed by atoms with E-state index in [-0.39, 0.29) is 16.8 Å². The molecule has 0 bridgehead atoms. The molecule has 6 nitrogen and oxygen atoms in total. The van der Waals surface area contributed by atoms with Crippen LogP contribution < -0.4 is 10.0 Å². The van der Waals surface area contributed by atoms with Crippen molar-refractivity contribution in [3.8, 4) is 0 Å². The molecule has 8 heteroatoms. The van der Waals surface area contributed by atoms with Crippen LogP contribution in [0.1, 0.15) is 43.0 Å². The van der Waals surface area contributed by atoms with Crippen molar-refractivity contribution in [3.05, 3.63) is 59.1 Å². The van der Waals surface area contributed by atoms with Gasteiger partial charge in [-0.2, -0.15) is 0 Å². The summed E-state index contributed by atoms with van der Waals surface area (Å²) in [4.78, 5) is 15.1. The van der Waals surface area contributed by atoms with Gasteiger partial charge in [-0.3, -0.25) is 9.52 Å². The summed E-state index contributed by atoms with van der Waals surface area (Å²) in [5.74, 6) is -0.253. The fraction of sp³-hybridized carbons (Fsp3) is 0.409. The van der Waals surface area contributed by atoms with Crippen molar-refractivity contribution in [2.75, 3.05) is 24.4 Å². The molecule has 0 aromatic heterocycles. The van der Waals surface area contributed by atoms with E-state index in [0.29, 0.717) is 16.3 Å². The molecule has 1 aliphatic heterocycles. The monoisotopic (exact) mass is 449 g/mol. The Kier molecular flexibility index (Phi) is 7.75. The number of amides is 1. The largest absolute Gasteiger partial charge is 0.349 e.